The van der Waals surface area contributed by atoms with E-state index < -0.39 is 23.7 Å². The van der Waals surface area contributed by atoms with Crippen molar-refractivity contribution in [3.8, 4) is 11.5 Å². The number of nitrogens with one attached hydrogen (secondary N) is 1. The van der Waals surface area contributed by atoms with Crippen molar-refractivity contribution < 1.29 is 28.2 Å². The Bertz CT molecular complexity index is 1310. The number of benzene rings is 3. The molecule has 1 fully saturated rings. The molecule has 9 heteroatoms. The molecule has 0 saturated carbocycles. The van der Waals surface area contributed by atoms with Crippen LogP contribution in [0.1, 0.15) is 18.1 Å². The average Bonchev–Trinajstić information content (AvgIpc) is 2.83. The fourth-order valence-corrected chi connectivity index (χ4v) is 3.66. The van der Waals surface area contributed by atoms with Gasteiger partial charge in [-0.1, -0.05) is 34.1 Å². The van der Waals surface area contributed by atoms with Crippen molar-refractivity contribution >= 4 is 45.5 Å². The van der Waals surface area contributed by atoms with Crippen LogP contribution in [-0.2, 0) is 16.2 Å². The minimum Gasteiger partial charge on any atom is -0.490 e. The maximum absolute atomic E-state index is 13.3. The van der Waals surface area contributed by atoms with E-state index in [0.717, 1.165) is 27.1 Å². The number of hydrogen-bond donors (Lipinski definition) is 1. The number of barbiturate groups is 1. The van der Waals surface area contributed by atoms with Crippen molar-refractivity contribution in [3.63, 3.8) is 0 Å². The number of rotatable bonds is 7. The first-order chi connectivity index (χ1) is 16.9. The first-order valence-corrected chi connectivity index (χ1v) is 11.5. The molecule has 1 N–H and O–H groups in total. The van der Waals surface area contributed by atoms with E-state index in [1.54, 1.807) is 18.2 Å². The maximum atomic E-state index is 13.3. The van der Waals surface area contributed by atoms with Crippen LogP contribution in [0.2, 0.25) is 0 Å². The van der Waals surface area contributed by atoms with Gasteiger partial charge in [0, 0.05) is 4.47 Å². The van der Waals surface area contributed by atoms with Gasteiger partial charge in [-0.15, -0.1) is 0 Å². The number of carbonyl (C=O) groups excluding carboxylic acids is 3. The topological polar surface area (TPSA) is 84.9 Å². The largest absolute Gasteiger partial charge is 0.490 e. The summed E-state index contributed by atoms with van der Waals surface area (Å²) in [5.41, 5.74) is 1.35. The summed E-state index contributed by atoms with van der Waals surface area (Å²) in [5.74, 6) is -1.23. The second kappa shape index (κ2) is 10.5. The molecular weight excluding hydrogens is 519 g/mol. The second-order valence-corrected chi connectivity index (χ2v) is 8.40. The Morgan fingerprint density at radius 1 is 0.943 bits per heavy atom. The van der Waals surface area contributed by atoms with Crippen LogP contribution in [0.15, 0.2) is 76.8 Å². The Kier molecular flexibility index (Phi) is 7.26. The molecule has 4 rings (SSSR count). The predicted octanol–water partition coefficient (Wildman–Crippen LogP) is 5.23. The molecule has 0 unspecified atom stereocenters. The minimum atomic E-state index is -0.907. The first-order valence-electron chi connectivity index (χ1n) is 10.7. The van der Waals surface area contributed by atoms with Crippen molar-refractivity contribution in [2.45, 2.75) is 13.5 Å². The van der Waals surface area contributed by atoms with Crippen LogP contribution >= 0.6 is 15.9 Å². The molecule has 0 aliphatic carbocycles. The highest BCUT2D eigenvalue weighted by atomic mass is 79.9. The molecule has 3 aromatic carbocycles. The summed E-state index contributed by atoms with van der Waals surface area (Å²) < 4.78 is 25.9. The predicted molar refractivity (Wildman–Crippen MR) is 131 cm³/mol. The maximum Gasteiger partial charge on any atom is 0.335 e. The molecule has 0 spiro atoms. The lowest BCUT2D eigenvalue weighted by atomic mass is 10.1. The van der Waals surface area contributed by atoms with Crippen LogP contribution in [0.25, 0.3) is 6.08 Å². The fourth-order valence-electron chi connectivity index (χ4n) is 3.39. The van der Waals surface area contributed by atoms with Gasteiger partial charge in [-0.05, 0) is 72.7 Å². The zero-order valence-corrected chi connectivity index (χ0v) is 20.2. The number of halogens is 2. The van der Waals surface area contributed by atoms with Gasteiger partial charge in [0.2, 0.25) is 0 Å². The number of amides is 4. The van der Waals surface area contributed by atoms with E-state index in [2.05, 4.69) is 21.2 Å². The molecule has 1 saturated heterocycles. The molecule has 35 heavy (non-hydrogen) atoms. The fraction of sp³-hybridized carbons (Fsp3) is 0.115. The van der Waals surface area contributed by atoms with Crippen molar-refractivity contribution in [2.24, 2.45) is 0 Å². The third kappa shape index (κ3) is 5.58. The molecule has 3 aromatic rings. The lowest BCUT2D eigenvalue weighted by Crippen LogP contribution is -2.54. The number of nitrogens with zero attached hydrogens (tertiary/aromatic N) is 1. The van der Waals surface area contributed by atoms with Crippen LogP contribution in [0.4, 0.5) is 14.9 Å². The molecule has 0 aromatic heterocycles. The SMILES string of the molecule is CCOc1cc(/C=C2\C(=O)NC(=O)N(c3ccc(F)cc3)C2=O)ccc1OCc1ccc(Br)cc1. The summed E-state index contributed by atoms with van der Waals surface area (Å²) in [6.45, 7) is 2.53. The summed E-state index contributed by atoms with van der Waals surface area (Å²) >= 11 is 3.40. The first kappa shape index (κ1) is 24.2. The number of anilines is 1. The zero-order chi connectivity index (χ0) is 24.9. The van der Waals surface area contributed by atoms with Crippen molar-refractivity contribution in [2.75, 3.05) is 11.5 Å². The quantitative estimate of drug-likeness (QED) is 0.328. The van der Waals surface area contributed by atoms with Gasteiger partial charge in [0.25, 0.3) is 11.8 Å². The normalized spacial score (nSPS) is 14.8. The van der Waals surface area contributed by atoms with Crippen molar-refractivity contribution in [1.82, 2.24) is 5.32 Å². The van der Waals surface area contributed by atoms with Crippen molar-refractivity contribution in [1.29, 1.82) is 0 Å². The Hall–Kier alpha value is -3.98. The van der Waals surface area contributed by atoms with Crippen LogP contribution in [0.5, 0.6) is 11.5 Å². The van der Waals surface area contributed by atoms with Crippen molar-refractivity contribution in [3.05, 3.63) is 93.7 Å². The van der Waals surface area contributed by atoms with E-state index in [1.165, 1.54) is 18.2 Å². The monoisotopic (exact) mass is 538 g/mol. The van der Waals surface area contributed by atoms with E-state index in [1.807, 2.05) is 31.2 Å². The number of carbonyl (C=O) groups is 3. The lowest BCUT2D eigenvalue weighted by molar-refractivity contribution is -0.122. The standard InChI is InChI=1S/C26H20BrFN2O5/c1-2-34-23-14-17(5-12-22(23)35-15-16-3-6-18(27)7-4-16)13-21-24(31)29-26(33)30(25(21)32)20-10-8-19(28)9-11-20/h3-14H,2,15H2,1H3,(H,29,31,33)/b21-13+. The van der Waals surface area contributed by atoms with Gasteiger partial charge in [0.1, 0.15) is 18.0 Å². The van der Waals surface area contributed by atoms with Gasteiger partial charge >= 0.3 is 6.03 Å². The second-order valence-electron chi connectivity index (χ2n) is 7.49. The van der Waals surface area contributed by atoms with Gasteiger partial charge in [-0.2, -0.15) is 0 Å². The van der Waals surface area contributed by atoms with Gasteiger partial charge in [-0.3, -0.25) is 14.9 Å². The number of imide groups is 2. The van der Waals surface area contributed by atoms with Crippen LogP contribution in [0.3, 0.4) is 0 Å². The van der Waals surface area contributed by atoms with Gasteiger partial charge in [0.15, 0.2) is 11.5 Å². The van der Waals surface area contributed by atoms with Gasteiger partial charge in [0.05, 0.1) is 12.3 Å². The van der Waals surface area contributed by atoms with E-state index in [0.29, 0.717) is 30.3 Å². The van der Waals surface area contributed by atoms with Crippen LogP contribution in [0, 0.1) is 5.82 Å². The Morgan fingerprint density at radius 3 is 2.34 bits per heavy atom. The molecule has 0 atom stereocenters. The molecule has 7 nitrogen and oxygen atoms in total. The summed E-state index contributed by atoms with van der Waals surface area (Å²) in [7, 11) is 0. The lowest BCUT2D eigenvalue weighted by Gasteiger charge is -2.26. The van der Waals surface area contributed by atoms with E-state index in [-0.39, 0.29) is 11.3 Å². The minimum absolute atomic E-state index is 0.138. The van der Waals surface area contributed by atoms with Crippen LogP contribution < -0.4 is 19.7 Å². The Balaban J connectivity index is 1.60. The highest BCUT2D eigenvalue weighted by Crippen LogP contribution is 2.31. The molecule has 1 aliphatic heterocycles. The van der Waals surface area contributed by atoms with E-state index >= 15 is 0 Å². The third-order valence-corrected chi connectivity index (χ3v) is 5.60. The number of urea groups is 1. The third-order valence-electron chi connectivity index (χ3n) is 5.07. The molecular formula is C26H20BrFN2O5. The zero-order valence-electron chi connectivity index (χ0n) is 18.6. The van der Waals surface area contributed by atoms with E-state index in [9.17, 15) is 18.8 Å². The Labute approximate surface area is 209 Å². The summed E-state index contributed by atoms with van der Waals surface area (Å²) in [6, 6.07) is 16.6. The number of ether oxygens (including phenoxy) is 2. The van der Waals surface area contributed by atoms with Gasteiger partial charge in [-0.25, -0.2) is 14.1 Å². The Morgan fingerprint density at radius 2 is 1.66 bits per heavy atom. The highest BCUT2D eigenvalue weighted by molar-refractivity contribution is 9.10. The smallest absolute Gasteiger partial charge is 0.335 e. The molecule has 1 aliphatic rings. The molecule has 0 radical (unpaired) electrons. The summed E-state index contributed by atoms with van der Waals surface area (Å²) in [4.78, 5) is 38.6. The van der Waals surface area contributed by atoms with Crippen LogP contribution in [-0.4, -0.2) is 24.5 Å². The van der Waals surface area contributed by atoms with Gasteiger partial charge < -0.3 is 9.47 Å². The molecule has 0 bridgehead atoms. The summed E-state index contributed by atoms with van der Waals surface area (Å²) in [6.07, 6.45) is 1.36. The molecule has 178 valence electrons. The summed E-state index contributed by atoms with van der Waals surface area (Å²) in [5, 5.41) is 2.14. The molecule has 4 amide bonds. The van der Waals surface area contributed by atoms with E-state index in [4.69, 9.17) is 9.47 Å². The average molecular weight is 539 g/mol. The molecule has 1 heterocycles. The number of hydrogen-bond acceptors (Lipinski definition) is 5. The highest BCUT2D eigenvalue weighted by Gasteiger charge is 2.36.